The summed E-state index contributed by atoms with van der Waals surface area (Å²) in [6.45, 7) is 1.93. The summed E-state index contributed by atoms with van der Waals surface area (Å²) >= 11 is 5.60. The first-order valence-electron chi connectivity index (χ1n) is 5.20. The minimum absolute atomic E-state index is 0.0755. The number of benzene rings is 1. The van der Waals surface area contributed by atoms with Gasteiger partial charge in [-0.25, -0.2) is 4.39 Å². The average Bonchev–Trinajstić information content (AvgIpc) is 2.34. The monoisotopic (exact) mass is 273 g/mol. The lowest BCUT2D eigenvalue weighted by atomic mass is 10.2. The number of halogens is 2. The summed E-state index contributed by atoms with van der Waals surface area (Å²) in [5.41, 5.74) is 5.21. The highest BCUT2D eigenvalue weighted by Crippen LogP contribution is 2.16. The van der Waals surface area contributed by atoms with E-state index in [9.17, 15) is 9.18 Å². The van der Waals surface area contributed by atoms with Gasteiger partial charge in [0.2, 0.25) is 0 Å². The molecular weight excluding hydrogens is 261 g/mol. The van der Waals surface area contributed by atoms with E-state index in [1.807, 2.05) is 0 Å². The van der Waals surface area contributed by atoms with Crippen LogP contribution in [0.1, 0.15) is 17.3 Å². The number of carbonyl (C=O) groups excluding carboxylic acids is 1. The topological polar surface area (TPSA) is 78.9 Å². The first kappa shape index (κ1) is 14.2. The van der Waals surface area contributed by atoms with E-state index >= 15 is 0 Å². The normalized spacial score (nSPS) is 11.4. The average molecular weight is 274 g/mol. The maximum atomic E-state index is 13.6. The van der Waals surface area contributed by atoms with E-state index in [-0.39, 0.29) is 23.0 Å². The van der Waals surface area contributed by atoms with Gasteiger partial charge in [0.15, 0.2) is 5.84 Å². The van der Waals surface area contributed by atoms with E-state index in [0.29, 0.717) is 6.54 Å². The van der Waals surface area contributed by atoms with Crippen LogP contribution < -0.4 is 5.73 Å². The fourth-order valence-corrected chi connectivity index (χ4v) is 1.55. The first-order chi connectivity index (χ1) is 8.49. The summed E-state index contributed by atoms with van der Waals surface area (Å²) in [6, 6.07) is 3.79. The molecule has 0 unspecified atom stereocenters. The second-order valence-corrected chi connectivity index (χ2v) is 3.97. The van der Waals surface area contributed by atoms with Crippen LogP contribution in [0, 0.1) is 5.82 Å². The van der Waals surface area contributed by atoms with Gasteiger partial charge in [-0.15, -0.1) is 0 Å². The summed E-state index contributed by atoms with van der Waals surface area (Å²) in [6.07, 6.45) is 0. The SMILES string of the molecule is CCN(CC(N)=NO)C(=O)c1ccc(Cl)cc1F. The number of nitrogens with two attached hydrogens (primary N) is 1. The Morgan fingerprint density at radius 2 is 2.28 bits per heavy atom. The van der Waals surface area contributed by atoms with Crippen molar-refractivity contribution in [3.8, 4) is 0 Å². The standard InChI is InChI=1S/C11H13ClFN3O2/c1-2-16(6-10(14)15-18)11(17)8-4-3-7(12)5-9(8)13/h3-5,18H,2,6H2,1H3,(H2,14,15). The summed E-state index contributed by atoms with van der Waals surface area (Å²) in [5.74, 6) is -1.37. The van der Waals surface area contributed by atoms with Crippen LogP contribution >= 0.6 is 11.6 Å². The number of hydrogen-bond donors (Lipinski definition) is 2. The molecule has 0 aliphatic rings. The van der Waals surface area contributed by atoms with Crippen LogP contribution in [0.4, 0.5) is 4.39 Å². The van der Waals surface area contributed by atoms with E-state index in [4.69, 9.17) is 22.5 Å². The molecule has 5 nitrogen and oxygen atoms in total. The smallest absolute Gasteiger partial charge is 0.257 e. The molecule has 0 radical (unpaired) electrons. The van der Waals surface area contributed by atoms with Crippen LogP contribution in [-0.2, 0) is 0 Å². The number of likely N-dealkylation sites (N-methyl/N-ethyl adjacent to an activating group) is 1. The number of nitrogens with zero attached hydrogens (tertiary/aromatic N) is 2. The number of oxime groups is 1. The van der Waals surface area contributed by atoms with Crippen molar-refractivity contribution in [2.45, 2.75) is 6.92 Å². The molecule has 0 fully saturated rings. The second kappa shape index (κ2) is 6.20. The maximum absolute atomic E-state index is 13.6. The summed E-state index contributed by atoms with van der Waals surface area (Å²) < 4.78 is 13.6. The van der Waals surface area contributed by atoms with Gasteiger partial charge >= 0.3 is 0 Å². The molecule has 1 aromatic rings. The van der Waals surface area contributed by atoms with Crippen LogP contribution in [0.2, 0.25) is 5.02 Å². The van der Waals surface area contributed by atoms with E-state index in [1.165, 1.54) is 17.0 Å². The Hall–Kier alpha value is -1.82. The predicted octanol–water partition coefficient (Wildman–Crippen LogP) is 1.69. The van der Waals surface area contributed by atoms with Crippen LogP contribution in [0.25, 0.3) is 0 Å². The quantitative estimate of drug-likeness (QED) is 0.379. The fraction of sp³-hybridized carbons (Fsp3) is 0.273. The van der Waals surface area contributed by atoms with Crippen molar-refractivity contribution < 1.29 is 14.4 Å². The van der Waals surface area contributed by atoms with E-state index in [0.717, 1.165) is 6.07 Å². The lowest BCUT2D eigenvalue weighted by Gasteiger charge is -2.20. The zero-order chi connectivity index (χ0) is 13.7. The summed E-state index contributed by atoms with van der Waals surface area (Å²) in [4.78, 5) is 13.3. The van der Waals surface area contributed by atoms with Gasteiger partial charge in [-0.3, -0.25) is 4.79 Å². The third-order valence-corrected chi connectivity index (χ3v) is 2.55. The lowest BCUT2D eigenvalue weighted by Crippen LogP contribution is -2.38. The van der Waals surface area contributed by atoms with Crippen molar-refractivity contribution in [1.29, 1.82) is 0 Å². The minimum atomic E-state index is -0.703. The molecule has 0 bridgehead atoms. The molecule has 3 N–H and O–H groups in total. The Morgan fingerprint density at radius 1 is 1.61 bits per heavy atom. The van der Waals surface area contributed by atoms with Gasteiger partial charge in [-0.2, -0.15) is 0 Å². The molecule has 0 saturated carbocycles. The predicted molar refractivity (Wildman–Crippen MR) is 66.4 cm³/mol. The number of hydrogen-bond acceptors (Lipinski definition) is 3. The summed E-state index contributed by atoms with van der Waals surface area (Å²) in [7, 11) is 0. The Morgan fingerprint density at radius 3 is 2.78 bits per heavy atom. The zero-order valence-electron chi connectivity index (χ0n) is 9.73. The first-order valence-corrected chi connectivity index (χ1v) is 5.58. The molecule has 1 amide bonds. The number of rotatable bonds is 4. The highest BCUT2D eigenvalue weighted by atomic mass is 35.5. The third kappa shape index (κ3) is 3.33. The molecule has 0 aliphatic carbocycles. The fourth-order valence-electron chi connectivity index (χ4n) is 1.39. The van der Waals surface area contributed by atoms with Crippen molar-refractivity contribution in [2.75, 3.05) is 13.1 Å². The molecule has 1 aromatic carbocycles. The van der Waals surface area contributed by atoms with Crippen molar-refractivity contribution in [2.24, 2.45) is 10.9 Å². The molecule has 0 atom stereocenters. The Labute approximate surface area is 109 Å². The Balaban J connectivity index is 2.96. The van der Waals surface area contributed by atoms with E-state index in [1.54, 1.807) is 6.92 Å². The third-order valence-electron chi connectivity index (χ3n) is 2.31. The van der Waals surface area contributed by atoms with Gasteiger partial charge in [-0.1, -0.05) is 16.8 Å². The Bertz CT molecular complexity index is 479. The number of amides is 1. The van der Waals surface area contributed by atoms with Gasteiger partial charge in [-0.05, 0) is 25.1 Å². The molecule has 0 heterocycles. The van der Waals surface area contributed by atoms with Gasteiger partial charge < -0.3 is 15.8 Å². The second-order valence-electron chi connectivity index (χ2n) is 3.53. The molecule has 18 heavy (non-hydrogen) atoms. The van der Waals surface area contributed by atoms with Crippen LogP contribution in [0.3, 0.4) is 0 Å². The van der Waals surface area contributed by atoms with Crippen LogP contribution in [0.5, 0.6) is 0 Å². The Kier molecular flexibility index (Phi) is 4.91. The lowest BCUT2D eigenvalue weighted by molar-refractivity contribution is 0.0781. The van der Waals surface area contributed by atoms with Crippen LogP contribution in [0.15, 0.2) is 23.4 Å². The van der Waals surface area contributed by atoms with Crippen molar-refractivity contribution in [1.82, 2.24) is 4.90 Å². The molecule has 1 rings (SSSR count). The molecular formula is C11H13ClFN3O2. The highest BCUT2D eigenvalue weighted by molar-refractivity contribution is 6.30. The molecule has 98 valence electrons. The van der Waals surface area contributed by atoms with Gasteiger partial charge in [0.05, 0.1) is 12.1 Å². The van der Waals surface area contributed by atoms with E-state index in [2.05, 4.69) is 5.16 Å². The van der Waals surface area contributed by atoms with E-state index < -0.39 is 11.7 Å². The molecule has 0 aliphatic heterocycles. The highest BCUT2D eigenvalue weighted by Gasteiger charge is 2.19. The van der Waals surface area contributed by atoms with Gasteiger partial charge in [0.25, 0.3) is 5.91 Å². The van der Waals surface area contributed by atoms with Crippen LogP contribution in [-0.4, -0.2) is 34.9 Å². The number of carbonyl (C=O) groups is 1. The van der Waals surface area contributed by atoms with Gasteiger partial charge in [0.1, 0.15) is 5.82 Å². The number of amidine groups is 1. The van der Waals surface area contributed by atoms with Gasteiger partial charge in [0, 0.05) is 11.6 Å². The largest absolute Gasteiger partial charge is 0.409 e. The minimum Gasteiger partial charge on any atom is -0.409 e. The molecule has 0 saturated heterocycles. The molecule has 7 heteroatoms. The zero-order valence-corrected chi connectivity index (χ0v) is 10.5. The maximum Gasteiger partial charge on any atom is 0.257 e. The molecule has 0 aromatic heterocycles. The molecule has 0 spiro atoms. The van der Waals surface area contributed by atoms with Crippen molar-refractivity contribution in [3.05, 3.63) is 34.6 Å². The van der Waals surface area contributed by atoms with Crippen molar-refractivity contribution in [3.63, 3.8) is 0 Å². The van der Waals surface area contributed by atoms with Crippen molar-refractivity contribution >= 4 is 23.3 Å². The summed E-state index contributed by atoms with van der Waals surface area (Å²) in [5, 5.41) is 11.4.